The van der Waals surface area contributed by atoms with Crippen molar-refractivity contribution in [2.24, 2.45) is 0 Å². The van der Waals surface area contributed by atoms with E-state index in [9.17, 15) is 13.2 Å². The third-order valence-corrected chi connectivity index (χ3v) is 6.52. The van der Waals surface area contributed by atoms with Gasteiger partial charge in [0.15, 0.2) is 0 Å². The summed E-state index contributed by atoms with van der Waals surface area (Å²) in [5.74, 6) is 1.15. The lowest BCUT2D eigenvalue weighted by molar-refractivity contribution is -0.117. The van der Waals surface area contributed by atoms with E-state index in [1.165, 1.54) is 19.2 Å². The summed E-state index contributed by atoms with van der Waals surface area (Å²) in [6, 6.07) is 11.5. The summed E-state index contributed by atoms with van der Waals surface area (Å²) in [5.41, 5.74) is 1.33. The minimum Gasteiger partial charge on any atom is -0.497 e. The van der Waals surface area contributed by atoms with Crippen LogP contribution in [0.3, 0.4) is 0 Å². The maximum Gasteiger partial charge on any atom is 0.241 e. The second-order valence-electron chi connectivity index (χ2n) is 6.84. The van der Waals surface area contributed by atoms with Crippen LogP contribution in [0.2, 0.25) is 0 Å². The molecule has 0 bridgehead atoms. The Morgan fingerprint density at radius 1 is 1.10 bits per heavy atom. The summed E-state index contributed by atoms with van der Waals surface area (Å²) in [4.78, 5) is 13.8. The molecule has 1 atom stereocenters. The van der Waals surface area contributed by atoms with Gasteiger partial charge in [0.25, 0.3) is 0 Å². The molecule has 1 fully saturated rings. The molecule has 0 saturated carbocycles. The number of methoxy groups -OCH3 is 2. The number of hydrogen-bond acceptors (Lipinski definition) is 5. The van der Waals surface area contributed by atoms with Gasteiger partial charge in [-0.3, -0.25) is 4.79 Å². The van der Waals surface area contributed by atoms with E-state index < -0.39 is 10.0 Å². The van der Waals surface area contributed by atoms with Gasteiger partial charge in [0.05, 0.1) is 24.8 Å². The van der Waals surface area contributed by atoms with E-state index in [-0.39, 0.29) is 16.8 Å². The highest BCUT2D eigenvalue weighted by atomic mass is 32.2. The van der Waals surface area contributed by atoms with E-state index in [1.807, 2.05) is 19.1 Å². The van der Waals surface area contributed by atoms with Crippen molar-refractivity contribution in [1.82, 2.24) is 4.72 Å². The van der Waals surface area contributed by atoms with Gasteiger partial charge in [0, 0.05) is 19.0 Å². The molecule has 1 amide bonds. The molecule has 2 aromatic carbocycles. The summed E-state index contributed by atoms with van der Waals surface area (Å²) in [6.07, 6.45) is 1.78. The van der Waals surface area contributed by atoms with Crippen molar-refractivity contribution in [3.8, 4) is 11.5 Å². The average Bonchev–Trinajstić information content (AvgIpc) is 3.17. The van der Waals surface area contributed by atoms with Crippen molar-refractivity contribution in [1.29, 1.82) is 0 Å². The molecule has 8 heteroatoms. The molecule has 156 valence electrons. The van der Waals surface area contributed by atoms with Crippen molar-refractivity contribution in [3.63, 3.8) is 0 Å². The molecule has 29 heavy (non-hydrogen) atoms. The summed E-state index contributed by atoms with van der Waals surface area (Å²) < 4.78 is 39.4. The van der Waals surface area contributed by atoms with Crippen LogP contribution in [0.15, 0.2) is 47.4 Å². The molecular weight excluding hydrogens is 392 g/mol. The first-order chi connectivity index (χ1) is 13.9. The number of anilines is 1. The molecule has 2 aromatic rings. The molecule has 0 radical (unpaired) electrons. The highest BCUT2D eigenvalue weighted by Gasteiger charge is 2.27. The maximum atomic E-state index is 13.1. The van der Waals surface area contributed by atoms with Gasteiger partial charge in [-0.15, -0.1) is 0 Å². The fourth-order valence-corrected chi connectivity index (χ4v) is 4.76. The van der Waals surface area contributed by atoms with Crippen LogP contribution in [0.25, 0.3) is 0 Å². The zero-order valence-corrected chi connectivity index (χ0v) is 17.7. The van der Waals surface area contributed by atoms with Gasteiger partial charge in [0.1, 0.15) is 11.5 Å². The molecule has 0 spiro atoms. The van der Waals surface area contributed by atoms with Crippen LogP contribution in [0.1, 0.15) is 37.8 Å². The molecule has 1 aliphatic heterocycles. The standard InChI is InChI=1S/C21H26N2O5S/c1-4-18(15-7-9-16(27-2)10-8-15)22-29(25,26)17-11-12-20(28-3)19(14-17)23-13-5-6-21(23)24/h7-12,14,18,22H,4-6,13H2,1-3H3/t18-/m1/s1. The zero-order valence-electron chi connectivity index (χ0n) is 16.8. The molecule has 1 aliphatic rings. The molecule has 1 heterocycles. The lowest BCUT2D eigenvalue weighted by Crippen LogP contribution is -2.29. The summed E-state index contributed by atoms with van der Waals surface area (Å²) in [5, 5.41) is 0. The minimum absolute atomic E-state index is 0.0320. The van der Waals surface area contributed by atoms with Crippen LogP contribution in [-0.2, 0) is 14.8 Å². The number of rotatable bonds is 8. The van der Waals surface area contributed by atoms with Crippen LogP contribution < -0.4 is 19.1 Å². The van der Waals surface area contributed by atoms with Crippen LogP contribution in [-0.4, -0.2) is 35.1 Å². The van der Waals surface area contributed by atoms with E-state index in [4.69, 9.17) is 9.47 Å². The maximum absolute atomic E-state index is 13.1. The number of carbonyl (C=O) groups is 1. The Balaban J connectivity index is 1.90. The first-order valence-electron chi connectivity index (χ1n) is 9.54. The SMILES string of the molecule is CC[C@@H](NS(=O)(=O)c1ccc(OC)c(N2CCCC2=O)c1)c1ccc(OC)cc1. The van der Waals surface area contributed by atoms with Crippen molar-refractivity contribution < 1.29 is 22.7 Å². The van der Waals surface area contributed by atoms with Gasteiger partial charge < -0.3 is 14.4 Å². The number of carbonyl (C=O) groups excluding carboxylic acids is 1. The summed E-state index contributed by atoms with van der Waals surface area (Å²) in [6.45, 7) is 2.47. The van der Waals surface area contributed by atoms with Crippen molar-refractivity contribution >= 4 is 21.6 Å². The van der Waals surface area contributed by atoms with Gasteiger partial charge in [-0.1, -0.05) is 19.1 Å². The molecule has 1 N–H and O–H groups in total. The second-order valence-corrected chi connectivity index (χ2v) is 8.55. The average molecular weight is 419 g/mol. The van der Waals surface area contributed by atoms with Crippen molar-refractivity contribution in [3.05, 3.63) is 48.0 Å². The monoisotopic (exact) mass is 418 g/mol. The van der Waals surface area contributed by atoms with E-state index in [0.717, 1.165) is 12.0 Å². The smallest absolute Gasteiger partial charge is 0.241 e. The number of amides is 1. The van der Waals surface area contributed by atoms with Crippen molar-refractivity contribution in [2.45, 2.75) is 37.1 Å². The topological polar surface area (TPSA) is 84.9 Å². The predicted octanol–water partition coefficient (Wildman–Crippen LogP) is 3.26. The van der Waals surface area contributed by atoms with Crippen LogP contribution in [0, 0.1) is 0 Å². The number of ether oxygens (including phenoxy) is 2. The van der Waals surface area contributed by atoms with E-state index in [0.29, 0.717) is 36.6 Å². The highest BCUT2D eigenvalue weighted by molar-refractivity contribution is 7.89. The number of hydrogen-bond donors (Lipinski definition) is 1. The number of nitrogens with one attached hydrogen (secondary N) is 1. The van der Waals surface area contributed by atoms with Crippen LogP contribution in [0.4, 0.5) is 5.69 Å². The quantitative estimate of drug-likeness (QED) is 0.711. The molecule has 7 nitrogen and oxygen atoms in total. The first kappa shape index (κ1) is 21.1. The predicted molar refractivity (Wildman–Crippen MR) is 111 cm³/mol. The largest absolute Gasteiger partial charge is 0.497 e. The normalized spacial score (nSPS) is 15.4. The zero-order chi connectivity index (χ0) is 21.0. The molecule has 1 saturated heterocycles. The van der Waals surface area contributed by atoms with E-state index in [1.54, 1.807) is 30.2 Å². The van der Waals surface area contributed by atoms with Crippen LogP contribution >= 0.6 is 0 Å². The van der Waals surface area contributed by atoms with E-state index >= 15 is 0 Å². The fraction of sp³-hybridized carbons (Fsp3) is 0.381. The van der Waals surface area contributed by atoms with Gasteiger partial charge in [-0.25, -0.2) is 13.1 Å². The molecular formula is C21H26N2O5S. The summed E-state index contributed by atoms with van der Waals surface area (Å²) in [7, 11) is -0.717. The molecule has 0 aliphatic carbocycles. The highest BCUT2D eigenvalue weighted by Crippen LogP contribution is 2.34. The molecule has 3 rings (SSSR count). The number of sulfonamides is 1. The number of benzene rings is 2. The van der Waals surface area contributed by atoms with E-state index in [2.05, 4.69) is 4.72 Å². The Hall–Kier alpha value is -2.58. The number of nitrogens with zero attached hydrogens (tertiary/aromatic N) is 1. The lowest BCUT2D eigenvalue weighted by Gasteiger charge is -2.21. The van der Waals surface area contributed by atoms with Crippen molar-refractivity contribution in [2.75, 3.05) is 25.7 Å². The third kappa shape index (κ3) is 4.54. The van der Waals surface area contributed by atoms with Gasteiger partial charge >= 0.3 is 0 Å². The Morgan fingerprint density at radius 2 is 1.83 bits per heavy atom. The van der Waals surface area contributed by atoms with Gasteiger partial charge in [-0.2, -0.15) is 0 Å². The Bertz CT molecular complexity index is 973. The lowest BCUT2D eigenvalue weighted by atomic mass is 10.1. The Labute approximate surface area is 171 Å². The first-order valence-corrected chi connectivity index (χ1v) is 11.0. The Morgan fingerprint density at radius 3 is 2.38 bits per heavy atom. The minimum atomic E-state index is -3.80. The second kappa shape index (κ2) is 8.84. The Kier molecular flexibility index (Phi) is 6.44. The fourth-order valence-electron chi connectivity index (χ4n) is 3.43. The third-order valence-electron chi connectivity index (χ3n) is 5.05. The van der Waals surface area contributed by atoms with Gasteiger partial charge in [-0.05, 0) is 48.7 Å². The summed E-state index contributed by atoms with van der Waals surface area (Å²) >= 11 is 0. The van der Waals surface area contributed by atoms with Gasteiger partial charge in [0.2, 0.25) is 15.9 Å². The van der Waals surface area contributed by atoms with Crippen LogP contribution in [0.5, 0.6) is 11.5 Å². The molecule has 0 aromatic heterocycles. The molecule has 0 unspecified atom stereocenters.